The molecule has 2 amide bonds. The Morgan fingerprint density at radius 2 is 2.00 bits per heavy atom. The van der Waals surface area contributed by atoms with Crippen molar-refractivity contribution in [2.24, 2.45) is 7.05 Å². The first-order valence-electron chi connectivity index (χ1n) is 9.33. The molecule has 1 aliphatic carbocycles. The van der Waals surface area contributed by atoms with Crippen LogP contribution in [0.3, 0.4) is 0 Å². The predicted octanol–water partition coefficient (Wildman–Crippen LogP) is 2.67. The summed E-state index contributed by atoms with van der Waals surface area (Å²) in [4.78, 5) is 24.5. The monoisotopic (exact) mass is 405 g/mol. The summed E-state index contributed by atoms with van der Waals surface area (Å²) in [5.74, 6) is -0.449. The molecule has 28 heavy (non-hydrogen) atoms. The van der Waals surface area contributed by atoms with E-state index >= 15 is 0 Å². The Morgan fingerprint density at radius 3 is 2.71 bits per heavy atom. The number of hydrogen-bond donors (Lipinski definition) is 2. The Labute approximate surface area is 167 Å². The molecular formula is C19H24FN5O2S. The number of thioether (sulfide) groups is 1. The highest BCUT2D eigenvalue weighted by molar-refractivity contribution is 8.00. The molecule has 3 rings (SSSR count). The van der Waals surface area contributed by atoms with E-state index in [9.17, 15) is 14.0 Å². The van der Waals surface area contributed by atoms with Gasteiger partial charge in [-0.1, -0.05) is 36.7 Å². The van der Waals surface area contributed by atoms with Gasteiger partial charge in [-0.25, -0.2) is 4.39 Å². The van der Waals surface area contributed by atoms with Gasteiger partial charge in [0.2, 0.25) is 11.8 Å². The topological polar surface area (TPSA) is 88.9 Å². The van der Waals surface area contributed by atoms with E-state index in [0.717, 1.165) is 25.7 Å². The van der Waals surface area contributed by atoms with Gasteiger partial charge in [-0.05, 0) is 31.9 Å². The fourth-order valence-corrected chi connectivity index (χ4v) is 3.95. The minimum Gasteiger partial charge on any atom is -0.352 e. The van der Waals surface area contributed by atoms with E-state index in [1.54, 1.807) is 23.7 Å². The molecule has 150 valence electrons. The quantitative estimate of drug-likeness (QED) is 0.692. The maximum absolute atomic E-state index is 13.6. The number of hydrogen-bond acceptors (Lipinski definition) is 5. The predicted molar refractivity (Wildman–Crippen MR) is 105 cm³/mol. The molecule has 1 heterocycles. The van der Waals surface area contributed by atoms with Crippen LogP contribution in [-0.4, -0.2) is 37.9 Å². The van der Waals surface area contributed by atoms with Crippen molar-refractivity contribution in [2.75, 3.05) is 5.32 Å². The Kier molecular flexibility index (Phi) is 6.66. The number of halogens is 1. The fraction of sp³-hybridized carbons (Fsp3) is 0.474. The highest BCUT2D eigenvalue weighted by Gasteiger charge is 2.23. The molecular weight excluding hydrogens is 381 g/mol. The lowest BCUT2D eigenvalue weighted by atomic mass is 10.2. The number of rotatable bonds is 7. The second-order valence-electron chi connectivity index (χ2n) is 6.91. The maximum Gasteiger partial charge on any atom is 0.233 e. The molecule has 0 aliphatic heterocycles. The molecule has 0 bridgehead atoms. The second-order valence-corrected chi connectivity index (χ2v) is 8.22. The number of nitrogens with one attached hydrogen (secondary N) is 2. The molecule has 7 nitrogen and oxygen atoms in total. The average molecular weight is 405 g/mol. The first-order chi connectivity index (χ1) is 13.4. The van der Waals surface area contributed by atoms with Gasteiger partial charge in [0.1, 0.15) is 11.6 Å². The third-order valence-corrected chi connectivity index (χ3v) is 5.88. The zero-order chi connectivity index (χ0) is 20.1. The van der Waals surface area contributed by atoms with Crippen LogP contribution in [0, 0.1) is 5.82 Å². The first-order valence-corrected chi connectivity index (χ1v) is 10.2. The Bertz CT molecular complexity index is 851. The Balaban J connectivity index is 1.56. The van der Waals surface area contributed by atoms with E-state index < -0.39 is 5.82 Å². The van der Waals surface area contributed by atoms with Crippen LogP contribution in [0.25, 0.3) is 0 Å². The van der Waals surface area contributed by atoms with Crippen molar-refractivity contribution >= 4 is 29.3 Å². The minimum absolute atomic E-state index is 0.0151. The van der Waals surface area contributed by atoms with Crippen molar-refractivity contribution in [3.8, 4) is 0 Å². The average Bonchev–Trinajstić information content (AvgIpc) is 3.29. The Morgan fingerprint density at radius 1 is 1.29 bits per heavy atom. The van der Waals surface area contributed by atoms with Crippen molar-refractivity contribution in [1.29, 1.82) is 0 Å². The SMILES string of the molecule is C[C@H](Sc1nnc(CC(=O)Nc2ccccc2F)n1C)C(=O)NC1CCCC1. The number of amides is 2. The molecule has 0 spiro atoms. The van der Waals surface area contributed by atoms with E-state index in [-0.39, 0.29) is 35.2 Å². The summed E-state index contributed by atoms with van der Waals surface area (Å²) in [6.45, 7) is 1.83. The second kappa shape index (κ2) is 9.18. The lowest BCUT2D eigenvalue weighted by molar-refractivity contribution is -0.121. The molecule has 0 radical (unpaired) electrons. The van der Waals surface area contributed by atoms with Gasteiger partial charge in [-0.2, -0.15) is 0 Å². The van der Waals surface area contributed by atoms with Crippen LogP contribution in [-0.2, 0) is 23.1 Å². The highest BCUT2D eigenvalue weighted by atomic mass is 32.2. The number of carbonyl (C=O) groups excluding carboxylic acids is 2. The molecule has 0 saturated heterocycles. The maximum atomic E-state index is 13.6. The number of carbonyl (C=O) groups is 2. The van der Waals surface area contributed by atoms with Gasteiger partial charge in [0.15, 0.2) is 5.16 Å². The molecule has 1 aliphatic rings. The summed E-state index contributed by atoms with van der Waals surface area (Å²) in [6.07, 6.45) is 4.35. The molecule has 2 aromatic rings. The van der Waals surface area contributed by atoms with E-state index in [1.807, 2.05) is 6.92 Å². The third kappa shape index (κ3) is 5.09. The number of anilines is 1. The molecule has 1 atom stereocenters. The van der Waals surface area contributed by atoms with Gasteiger partial charge >= 0.3 is 0 Å². The van der Waals surface area contributed by atoms with Gasteiger partial charge in [-0.15, -0.1) is 10.2 Å². The molecule has 0 unspecified atom stereocenters. The number of aromatic nitrogens is 3. The number of para-hydroxylation sites is 1. The van der Waals surface area contributed by atoms with E-state index in [2.05, 4.69) is 20.8 Å². The minimum atomic E-state index is -0.493. The van der Waals surface area contributed by atoms with Crippen LogP contribution in [0.1, 0.15) is 38.4 Å². The molecule has 1 saturated carbocycles. The smallest absolute Gasteiger partial charge is 0.233 e. The largest absolute Gasteiger partial charge is 0.352 e. The van der Waals surface area contributed by atoms with Gasteiger partial charge in [-0.3, -0.25) is 9.59 Å². The zero-order valence-corrected chi connectivity index (χ0v) is 16.8. The molecule has 9 heteroatoms. The van der Waals surface area contributed by atoms with Crippen LogP contribution in [0.5, 0.6) is 0 Å². The van der Waals surface area contributed by atoms with E-state index in [0.29, 0.717) is 11.0 Å². The first kappa shape index (κ1) is 20.3. The van der Waals surface area contributed by atoms with Gasteiger partial charge < -0.3 is 15.2 Å². The molecule has 1 aromatic carbocycles. The normalized spacial score (nSPS) is 15.4. The lowest BCUT2D eigenvalue weighted by Crippen LogP contribution is -2.37. The van der Waals surface area contributed by atoms with Crippen LogP contribution in [0.2, 0.25) is 0 Å². The summed E-state index contributed by atoms with van der Waals surface area (Å²) in [5, 5.41) is 14.0. The van der Waals surface area contributed by atoms with Crippen molar-refractivity contribution < 1.29 is 14.0 Å². The molecule has 1 aromatic heterocycles. The van der Waals surface area contributed by atoms with E-state index in [1.165, 1.54) is 23.9 Å². The molecule has 2 N–H and O–H groups in total. The summed E-state index contributed by atoms with van der Waals surface area (Å²) in [7, 11) is 1.75. The fourth-order valence-electron chi connectivity index (χ4n) is 3.10. The van der Waals surface area contributed by atoms with Crippen LogP contribution >= 0.6 is 11.8 Å². The summed E-state index contributed by atoms with van der Waals surface area (Å²) >= 11 is 1.30. The lowest BCUT2D eigenvalue weighted by Gasteiger charge is -2.16. The van der Waals surface area contributed by atoms with Gasteiger partial charge in [0.25, 0.3) is 0 Å². The van der Waals surface area contributed by atoms with Crippen molar-refractivity contribution in [2.45, 2.75) is 55.5 Å². The summed E-state index contributed by atoms with van der Waals surface area (Å²) in [5.41, 5.74) is 0.126. The standard InChI is InChI=1S/C19H24FN5O2S/c1-12(18(27)21-13-7-3-4-8-13)28-19-24-23-16(25(19)2)11-17(26)22-15-10-6-5-9-14(15)20/h5-6,9-10,12-13H,3-4,7-8,11H2,1-2H3,(H,21,27)(H,22,26)/t12-/m0/s1. The van der Waals surface area contributed by atoms with Crippen molar-refractivity contribution in [1.82, 2.24) is 20.1 Å². The Hall–Kier alpha value is -2.42. The van der Waals surface area contributed by atoms with Gasteiger partial charge in [0.05, 0.1) is 17.4 Å². The van der Waals surface area contributed by atoms with Crippen LogP contribution in [0.4, 0.5) is 10.1 Å². The third-order valence-electron chi connectivity index (χ3n) is 4.74. The zero-order valence-electron chi connectivity index (χ0n) is 15.9. The molecule has 1 fully saturated rings. The number of nitrogens with zero attached hydrogens (tertiary/aromatic N) is 3. The van der Waals surface area contributed by atoms with Crippen LogP contribution < -0.4 is 10.6 Å². The highest BCUT2D eigenvalue weighted by Crippen LogP contribution is 2.23. The van der Waals surface area contributed by atoms with Crippen molar-refractivity contribution in [3.05, 3.63) is 35.9 Å². The summed E-state index contributed by atoms with van der Waals surface area (Å²) < 4.78 is 15.3. The summed E-state index contributed by atoms with van der Waals surface area (Å²) in [6, 6.07) is 6.25. The van der Waals surface area contributed by atoms with E-state index in [4.69, 9.17) is 0 Å². The number of benzene rings is 1. The van der Waals surface area contributed by atoms with Crippen molar-refractivity contribution in [3.63, 3.8) is 0 Å². The van der Waals surface area contributed by atoms with Gasteiger partial charge in [0, 0.05) is 13.1 Å². The van der Waals surface area contributed by atoms with Crippen LogP contribution in [0.15, 0.2) is 29.4 Å².